The largest absolute Gasteiger partial charge is 0.326 e. The van der Waals surface area contributed by atoms with Gasteiger partial charge in [0.25, 0.3) is 0 Å². The monoisotopic (exact) mass is 444 g/mol. The quantitative estimate of drug-likeness (QED) is 0.688. The third-order valence-electron chi connectivity index (χ3n) is 4.67. The highest BCUT2D eigenvalue weighted by Gasteiger charge is 2.19. The van der Waals surface area contributed by atoms with E-state index < -0.39 is 0 Å². The Kier molecular flexibility index (Phi) is 7.59. The molecule has 0 unspecified atom stereocenters. The van der Waals surface area contributed by atoms with Gasteiger partial charge in [-0.3, -0.25) is 14.5 Å². The molecule has 2 N–H and O–H groups in total. The molecule has 7 heteroatoms. The fraction of sp³-hybridized carbons (Fsp3) is 0.333. The van der Waals surface area contributed by atoms with Gasteiger partial charge in [-0.05, 0) is 36.4 Å². The van der Waals surface area contributed by atoms with E-state index in [0.29, 0.717) is 13.0 Å². The van der Waals surface area contributed by atoms with Crippen LogP contribution in [-0.2, 0) is 9.59 Å². The first-order chi connectivity index (χ1) is 13.6. The molecule has 0 radical (unpaired) electrons. The summed E-state index contributed by atoms with van der Waals surface area (Å²) in [5.41, 5.74) is 1.63. The number of hydrogen-bond donors (Lipinski definition) is 2. The Bertz CT molecular complexity index is 775. The highest BCUT2D eigenvalue weighted by atomic mass is 79.9. The van der Waals surface area contributed by atoms with Gasteiger partial charge in [0.1, 0.15) is 0 Å². The van der Waals surface area contributed by atoms with Crippen LogP contribution in [0.5, 0.6) is 0 Å². The van der Waals surface area contributed by atoms with Crippen LogP contribution in [0.3, 0.4) is 0 Å². The number of amides is 2. The molecule has 3 rings (SSSR count). The van der Waals surface area contributed by atoms with E-state index in [1.165, 1.54) is 0 Å². The van der Waals surface area contributed by atoms with Crippen molar-refractivity contribution in [3.05, 3.63) is 59.1 Å². The van der Waals surface area contributed by atoms with Crippen LogP contribution in [0.1, 0.15) is 6.42 Å². The third kappa shape index (κ3) is 6.74. The van der Waals surface area contributed by atoms with E-state index in [-0.39, 0.29) is 11.8 Å². The summed E-state index contributed by atoms with van der Waals surface area (Å²) in [6, 6.07) is 17.1. The number of nitrogens with zero attached hydrogens (tertiary/aromatic N) is 2. The summed E-state index contributed by atoms with van der Waals surface area (Å²) >= 11 is 3.38. The number of halogens is 1. The number of para-hydroxylation sites is 1. The van der Waals surface area contributed by atoms with Crippen molar-refractivity contribution in [2.24, 2.45) is 0 Å². The van der Waals surface area contributed by atoms with Crippen molar-refractivity contribution in [3.8, 4) is 0 Å². The van der Waals surface area contributed by atoms with Crippen LogP contribution < -0.4 is 10.6 Å². The number of rotatable bonds is 7. The van der Waals surface area contributed by atoms with Gasteiger partial charge in [-0.1, -0.05) is 34.1 Å². The zero-order valence-electron chi connectivity index (χ0n) is 15.7. The van der Waals surface area contributed by atoms with Crippen molar-refractivity contribution in [2.75, 3.05) is 49.9 Å². The summed E-state index contributed by atoms with van der Waals surface area (Å²) in [7, 11) is 0. The highest BCUT2D eigenvalue weighted by molar-refractivity contribution is 9.10. The van der Waals surface area contributed by atoms with Crippen LogP contribution in [0.4, 0.5) is 11.4 Å². The van der Waals surface area contributed by atoms with Crippen molar-refractivity contribution in [1.82, 2.24) is 9.80 Å². The van der Waals surface area contributed by atoms with E-state index in [4.69, 9.17) is 0 Å². The van der Waals surface area contributed by atoms with E-state index in [9.17, 15) is 9.59 Å². The molecule has 1 saturated heterocycles. The average Bonchev–Trinajstić information content (AvgIpc) is 2.70. The second kappa shape index (κ2) is 10.4. The van der Waals surface area contributed by atoms with E-state index in [2.05, 4.69) is 36.4 Å². The lowest BCUT2D eigenvalue weighted by molar-refractivity contribution is -0.117. The highest BCUT2D eigenvalue weighted by Crippen LogP contribution is 2.14. The topological polar surface area (TPSA) is 64.7 Å². The van der Waals surface area contributed by atoms with Crippen LogP contribution in [0, 0.1) is 0 Å². The van der Waals surface area contributed by atoms with Crippen molar-refractivity contribution in [3.63, 3.8) is 0 Å². The lowest BCUT2D eigenvalue weighted by Gasteiger charge is -2.34. The second-order valence-corrected chi connectivity index (χ2v) is 7.75. The standard InChI is InChI=1S/C21H25BrN4O2/c22-17-6-8-19(9-7-17)23-20(27)10-11-25-12-14-26(15-13-25)16-21(28)24-18-4-2-1-3-5-18/h1-9H,10-16H2,(H,23,27)(H,24,28). The van der Waals surface area contributed by atoms with E-state index in [1.54, 1.807) is 0 Å². The lowest BCUT2D eigenvalue weighted by Crippen LogP contribution is -2.49. The van der Waals surface area contributed by atoms with Gasteiger partial charge in [0.15, 0.2) is 0 Å². The molecule has 148 valence electrons. The molecule has 1 heterocycles. The Morgan fingerprint density at radius 1 is 0.786 bits per heavy atom. The number of carbonyl (C=O) groups is 2. The Balaban J connectivity index is 1.33. The SMILES string of the molecule is O=C(CCN1CCN(CC(=O)Nc2ccccc2)CC1)Nc1ccc(Br)cc1. The Labute approximate surface area is 174 Å². The predicted octanol–water partition coefficient (Wildman–Crippen LogP) is 3.03. The maximum Gasteiger partial charge on any atom is 0.238 e. The first-order valence-corrected chi connectivity index (χ1v) is 10.2. The van der Waals surface area contributed by atoms with Crippen molar-refractivity contribution >= 4 is 39.1 Å². The summed E-state index contributed by atoms with van der Waals surface area (Å²) in [6.45, 7) is 4.51. The molecule has 2 amide bonds. The van der Waals surface area contributed by atoms with Crippen LogP contribution in [0.2, 0.25) is 0 Å². The normalized spacial score (nSPS) is 15.2. The molecular weight excluding hydrogens is 420 g/mol. The molecule has 2 aromatic rings. The minimum Gasteiger partial charge on any atom is -0.326 e. The van der Waals surface area contributed by atoms with Crippen molar-refractivity contribution in [1.29, 1.82) is 0 Å². The van der Waals surface area contributed by atoms with E-state index in [1.807, 2.05) is 54.6 Å². The molecule has 6 nitrogen and oxygen atoms in total. The molecule has 0 bridgehead atoms. The van der Waals surface area contributed by atoms with Crippen LogP contribution in [0.15, 0.2) is 59.1 Å². The molecule has 1 aliphatic rings. The maximum absolute atomic E-state index is 12.1. The Hall–Kier alpha value is -2.22. The minimum absolute atomic E-state index is 0.00789. The summed E-state index contributed by atoms with van der Waals surface area (Å²) in [5, 5.41) is 5.83. The molecule has 0 spiro atoms. The molecule has 0 aromatic heterocycles. The van der Waals surface area contributed by atoms with Gasteiger partial charge in [-0.25, -0.2) is 0 Å². The smallest absolute Gasteiger partial charge is 0.238 e. The maximum atomic E-state index is 12.1. The van der Waals surface area contributed by atoms with Crippen molar-refractivity contribution in [2.45, 2.75) is 6.42 Å². The number of benzene rings is 2. The van der Waals surface area contributed by atoms with Crippen molar-refractivity contribution < 1.29 is 9.59 Å². The number of carbonyl (C=O) groups excluding carboxylic acids is 2. The van der Waals surface area contributed by atoms with Crippen LogP contribution >= 0.6 is 15.9 Å². The minimum atomic E-state index is 0.00789. The zero-order chi connectivity index (χ0) is 19.8. The fourth-order valence-electron chi connectivity index (χ4n) is 3.11. The number of hydrogen-bond acceptors (Lipinski definition) is 4. The van der Waals surface area contributed by atoms with E-state index >= 15 is 0 Å². The van der Waals surface area contributed by atoms with Gasteiger partial charge in [-0.2, -0.15) is 0 Å². The Morgan fingerprint density at radius 2 is 1.36 bits per heavy atom. The zero-order valence-corrected chi connectivity index (χ0v) is 17.3. The second-order valence-electron chi connectivity index (χ2n) is 6.84. The van der Waals surface area contributed by atoms with Gasteiger partial charge in [0.05, 0.1) is 6.54 Å². The molecule has 28 heavy (non-hydrogen) atoms. The third-order valence-corrected chi connectivity index (χ3v) is 5.20. The van der Waals surface area contributed by atoms with Gasteiger partial charge >= 0.3 is 0 Å². The first-order valence-electron chi connectivity index (χ1n) is 9.43. The predicted molar refractivity (Wildman–Crippen MR) is 115 cm³/mol. The van der Waals surface area contributed by atoms with Crippen LogP contribution in [-0.4, -0.2) is 60.9 Å². The number of anilines is 2. The molecule has 2 aromatic carbocycles. The molecule has 1 aliphatic heterocycles. The number of piperazine rings is 1. The fourth-order valence-corrected chi connectivity index (χ4v) is 3.38. The lowest BCUT2D eigenvalue weighted by atomic mass is 10.2. The molecular formula is C21H25BrN4O2. The summed E-state index contributed by atoms with van der Waals surface area (Å²) in [4.78, 5) is 28.7. The van der Waals surface area contributed by atoms with Crippen LogP contribution in [0.25, 0.3) is 0 Å². The van der Waals surface area contributed by atoms with Gasteiger partial charge in [0, 0.05) is 55.0 Å². The molecule has 0 atom stereocenters. The van der Waals surface area contributed by atoms with E-state index in [0.717, 1.165) is 48.6 Å². The Morgan fingerprint density at radius 3 is 2.04 bits per heavy atom. The average molecular weight is 445 g/mol. The summed E-state index contributed by atoms with van der Waals surface area (Å²) in [5.74, 6) is 0.0283. The molecule has 1 fully saturated rings. The first kappa shape index (κ1) is 20.5. The molecule has 0 saturated carbocycles. The van der Waals surface area contributed by atoms with Gasteiger partial charge < -0.3 is 15.5 Å². The van der Waals surface area contributed by atoms with Gasteiger partial charge in [-0.15, -0.1) is 0 Å². The number of nitrogens with one attached hydrogen (secondary N) is 2. The van der Waals surface area contributed by atoms with Gasteiger partial charge in [0.2, 0.25) is 11.8 Å². The summed E-state index contributed by atoms with van der Waals surface area (Å²) < 4.78 is 0.987. The summed E-state index contributed by atoms with van der Waals surface area (Å²) in [6.07, 6.45) is 0.463. The molecule has 0 aliphatic carbocycles.